The zero-order valence-corrected chi connectivity index (χ0v) is 13.1. The molecule has 0 aromatic heterocycles. The second kappa shape index (κ2) is 5.50. The minimum atomic E-state index is -0.679. The van der Waals surface area contributed by atoms with Gasteiger partial charge in [0.15, 0.2) is 0 Å². The van der Waals surface area contributed by atoms with Gasteiger partial charge in [-0.25, -0.2) is 0 Å². The molecule has 3 rings (SSSR count). The van der Waals surface area contributed by atoms with Crippen LogP contribution in [0.15, 0.2) is 36.4 Å². The topological polar surface area (TPSA) is 46.3 Å². The van der Waals surface area contributed by atoms with Crippen molar-refractivity contribution in [1.29, 1.82) is 0 Å². The van der Waals surface area contributed by atoms with Gasteiger partial charge in [0.2, 0.25) is 5.91 Å². The van der Waals surface area contributed by atoms with Crippen molar-refractivity contribution < 1.29 is 4.79 Å². The fourth-order valence-electron chi connectivity index (χ4n) is 2.42. The van der Waals surface area contributed by atoms with Crippen LogP contribution in [0, 0.1) is 0 Å². The molecule has 108 valence electrons. The highest BCUT2D eigenvalue weighted by Crippen LogP contribution is 2.37. The molecule has 2 aromatic carbocycles. The van der Waals surface area contributed by atoms with E-state index in [2.05, 4.69) is 0 Å². The largest absolute Gasteiger partial charge is 0.316 e. The van der Waals surface area contributed by atoms with Gasteiger partial charge in [0.1, 0.15) is 6.04 Å². The molecule has 2 N–H and O–H groups in total. The monoisotopic (exact) mass is 340 g/mol. The zero-order chi connectivity index (χ0) is 15.1. The first-order valence-electron chi connectivity index (χ1n) is 6.27. The molecule has 0 spiro atoms. The van der Waals surface area contributed by atoms with E-state index in [1.165, 1.54) is 0 Å². The lowest BCUT2D eigenvalue weighted by atomic mass is 10.1. The number of anilines is 1. The Kier molecular flexibility index (Phi) is 3.84. The molecule has 1 atom stereocenters. The number of hydrogen-bond donors (Lipinski definition) is 1. The van der Waals surface area contributed by atoms with Gasteiger partial charge in [-0.3, -0.25) is 4.79 Å². The van der Waals surface area contributed by atoms with Gasteiger partial charge in [-0.2, -0.15) is 0 Å². The third kappa shape index (κ3) is 2.62. The van der Waals surface area contributed by atoms with E-state index in [0.29, 0.717) is 21.6 Å². The van der Waals surface area contributed by atoms with Gasteiger partial charge in [0.05, 0.1) is 16.6 Å². The van der Waals surface area contributed by atoms with Crippen molar-refractivity contribution >= 4 is 46.4 Å². The maximum absolute atomic E-state index is 12.3. The summed E-state index contributed by atoms with van der Waals surface area (Å²) in [6.45, 7) is 0.387. The average molecular weight is 342 g/mol. The van der Waals surface area contributed by atoms with Crippen LogP contribution in [-0.4, -0.2) is 5.91 Å². The van der Waals surface area contributed by atoms with Gasteiger partial charge in [0.25, 0.3) is 0 Å². The smallest absolute Gasteiger partial charge is 0.248 e. The molecule has 0 bridgehead atoms. The third-order valence-electron chi connectivity index (χ3n) is 3.47. The van der Waals surface area contributed by atoms with E-state index in [-0.39, 0.29) is 5.91 Å². The van der Waals surface area contributed by atoms with E-state index in [4.69, 9.17) is 40.5 Å². The Morgan fingerprint density at radius 3 is 2.52 bits per heavy atom. The highest BCUT2D eigenvalue weighted by atomic mass is 35.5. The molecule has 2 aromatic rings. The Hall–Kier alpha value is -1.26. The van der Waals surface area contributed by atoms with E-state index < -0.39 is 6.04 Å². The van der Waals surface area contributed by atoms with Crippen LogP contribution in [0.2, 0.25) is 15.1 Å². The Morgan fingerprint density at radius 2 is 1.81 bits per heavy atom. The summed E-state index contributed by atoms with van der Waals surface area (Å²) >= 11 is 17.9. The summed E-state index contributed by atoms with van der Waals surface area (Å²) in [7, 11) is 0. The summed E-state index contributed by atoms with van der Waals surface area (Å²) < 4.78 is 0. The van der Waals surface area contributed by atoms with Crippen molar-refractivity contribution in [3.8, 4) is 0 Å². The average Bonchev–Trinajstić information content (AvgIpc) is 2.68. The number of carbonyl (C=O) groups is 1. The highest BCUT2D eigenvalue weighted by molar-refractivity contribution is 6.42. The molecule has 0 saturated carbocycles. The summed E-state index contributed by atoms with van der Waals surface area (Å²) in [5.74, 6) is -0.154. The van der Waals surface area contributed by atoms with Crippen LogP contribution in [0.1, 0.15) is 17.2 Å². The quantitative estimate of drug-likeness (QED) is 0.890. The molecule has 0 radical (unpaired) electrons. The molecule has 3 nitrogen and oxygen atoms in total. The molecular formula is C15H11Cl3N2O. The predicted octanol–water partition coefficient (Wildman–Crippen LogP) is 4.19. The van der Waals surface area contributed by atoms with E-state index in [9.17, 15) is 4.79 Å². The number of halogens is 3. The fourth-order valence-corrected chi connectivity index (χ4v) is 2.92. The Morgan fingerprint density at radius 1 is 1.05 bits per heavy atom. The van der Waals surface area contributed by atoms with Crippen LogP contribution in [0.5, 0.6) is 0 Å². The number of benzene rings is 2. The number of rotatable bonds is 2. The minimum absolute atomic E-state index is 0.154. The molecule has 0 saturated heterocycles. The standard InChI is InChI=1S/C15H11Cl3N2O/c16-9-2-4-13-10(6-9)14(19)15(21)20(13)7-8-1-3-11(17)12(18)5-8/h1-6,14H,7,19H2/t14-/m0/s1. The number of fused-ring (bicyclic) bond motifs is 1. The Labute approximate surface area is 137 Å². The van der Waals surface area contributed by atoms with Gasteiger partial charge in [0, 0.05) is 16.3 Å². The number of hydrogen-bond acceptors (Lipinski definition) is 2. The summed E-state index contributed by atoms with van der Waals surface area (Å²) in [6.07, 6.45) is 0. The molecule has 1 amide bonds. The van der Waals surface area contributed by atoms with Crippen LogP contribution in [0.4, 0.5) is 5.69 Å². The van der Waals surface area contributed by atoms with Gasteiger partial charge in [-0.1, -0.05) is 40.9 Å². The molecule has 21 heavy (non-hydrogen) atoms. The first-order chi connectivity index (χ1) is 9.97. The van der Waals surface area contributed by atoms with Crippen molar-refractivity contribution in [2.24, 2.45) is 5.73 Å². The molecular weight excluding hydrogens is 331 g/mol. The SMILES string of the molecule is N[C@@H]1C(=O)N(Cc2ccc(Cl)c(Cl)c2)c2ccc(Cl)cc21. The summed E-state index contributed by atoms with van der Waals surface area (Å²) in [4.78, 5) is 14.0. The van der Waals surface area contributed by atoms with Crippen molar-refractivity contribution in [3.63, 3.8) is 0 Å². The summed E-state index contributed by atoms with van der Waals surface area (Å²) in [5, 5.41) is 1.51. The highest BCUT2D eigenvalue weighted by Gasteiger charge is 2.34. The van der Waals surface area contributed by atoms with Crippen molar-refractivity contribution in [3.05, 3.63) is 62.6 Å². The fraction of sp³-hybridized carbons (Fsp3) is 0.133. The Balaban J connectivity index is 1.96. The normalized spacial score (nSPS) is 17.2. The zero-order valence-electron chi connectivity index (χ0n) is 10.8. The van der Waals surface area contributed by atoms with E-state index in [0.717, 1.165) is 16.8 Å². The van der Waals surface area contributed by atoms with Crippen LogP contribution in [0.3, 0.4) is 0 Å². The van der Waals surface area contributed by atoms with Crippen molar-refractivity contribution in [2.45, 2.75) is 12.6 Å². The summed E-state index contributed by atoms with van der Waals surface area (Å²) in [5.41, 5.74) is 8.37. The van der Waals surface area contributed by atoms with Crippen LogP contribution >= 0.6 is 34.8 Å². The van der Waals surface area contributed by atoms with E-state index in [1.54, 1.807) is 35.2 Å². The van der Waals surface area contributed by atoms with Crippen molar-refractivity contribution in [2.75, 3.05) is 4.90 Å². The molecule has 1 heterocycles. The molecule has 0 fully saturated rings. The first kappa shape index (κ1) is 14.7. The third-order valence-corrected chi connectivity index (χ3v) is 4.45. The Bertz CT molecular complexity index is 733. The van der Waals surface area contributed by atoms with E-state index >= 15 is 0 Å². The van der Waals surface area contributed by atoms with Gasteiger partial charge in [-0.15, -0.1) is 0 Å². The lowest BCUT2D eigenvalue weighted by molar-refractivity contribution is -0.119. The maximum atomic E-state index is 12.3. The van der Waals surface area contributed by atoms with Crippen molar-refractivity contribution in [1.82, 2.24) is 0 Å². The van der Waals surface area contributed by atoms with E-state index in [1.807, 2.05) is 6.07 Å². The first-order valence-corrected chi connectivity index (χ1v) is 7.41. The lowest BCUT2D eigenvalue weighted by Gasteiger charge is -2.18. The number of nitrogens with zero attached hydrogens (tertiary/aromatic N) is 1. The molecule has 0 unspecified atom stereocenters. The lowest BCUT2D eigenvalue weighted by Crippen LogP contribution is -2.31. The van der Waals surface area contributed by atoms with Crippen LogP contribution in [0.25, 0.3) is 0 Å². The molecule has 1 aliphatic heterocycles. The predicted molar refractivity (Wildman–Crippen MR) is 86.0 cm³/mol. The second-order valence-corrected chi connectivity index (χ2v) is 6.10. The minimum Gasteiger partial charge on any atom is -0.316 e. The van der Waals surface area contributed by atoms with Gasteiger partial charge >= 0.3 is 0 Å². The number of carbonyl (C=O) groups excluding carboxylic acids is 1. The van der Waals surface area contributed by atoms with Gasteiger partial charge in [-0.05, 0) is 35.9 Å². The molecule has 0 aliphatic carbocycles. The second-order valence-electron chi connectivity index (χ2n) is 4.85. The van der Waals surface area contributed by atoms with Crippen LogP contribution in [-0.2, 0) is 11.3 Å². The summed E-state index contributed by atoms with van der Waals surface area (Å²) in [6, 6.07) is 9.89. The van der Waals surface area contributed by atoms with Crippen LogP contribution < -0.4 is 10.6 Å². The maximum Gasteiger partial charge on any atom is 0.248 e. The molecule has 1 aliphatic rings. The number of amides is 1. The van der Waals surface area contributed by atoms with Gasteiger partial charge < -0.3 is 10.6 Å². The number of nitrogens with two attached hydrogens (primary N) is 1. The molecule has 6 heteroatoms.